The maximum absolute atomic E-state index is 12.5. The second-order valence-corrected chi connectivity index (χ2v) is 6.66. The number of amides is 2. The number of carbonyl (C=O) groups is 2. The fraction of sp³-hybridized carbons (Fsp3) is 0.263. The molecule has 2 aliphatic heterocycles. The van der Waals surface area contributed by atoms with E-state index in [1.165, 1.54) is 18.2 Å². The molecule has 2 aromatic carbocycles. The molecule has 28 heavy (non-hydrogen) atoms. The molecule has 1 unspecified atom stereocenters. The summed E-state index contributed by atoms with van der Waals surface area (Å²) in [6.07, 6.45) is 0.102. The summed E-state index contributed by atoms with van der Waals surface area (Å²) in [7, 11) is 0. The van der Waals surface area contributed by atoms with Crippen LogP contribution >= 0.6 is 0 Å². The number of nitro benzene ring substituents is 1. The molecule has 1 N–H and O–H groups in total. The van der Waals surface area contributed by atoms with Crippen LogP contribution < -0.4 is 14.8 Å². The zero-order valence-electron chi connectivity index (χ0n) is 14.8. The quantitative estimate of drug-likeness (QED) is 0.626. The van der Waals surface area contributed by atoms with Crippen molar-refractivity contribution in [2.45, 2.75) is 13.0 Å². The second kappa shape index (κ2) is 7.18. The van der Waals surface area contributed by atoms with Gasteiger partial charge in [0.05, 0.1) is 10.8 Å². The highest BCUT2D eigenvalue weighted by Gasteiger charge is 2.34. The molecule has 1 fully saturated rings. The van der Waals surface area contributed by atoms with E-state index in [1.54, 1.807) is 17.0 Å². The third kappa shape index (κ3) is 3.59. The summed E-state index contributed by atoms with van der Waals surface area (Å²) >= 11 is 0. The van der Waals surface area contributed by atoms with Gasteiger partial charge < -0.3 is 19.7 Å². The molecule has 2 heterocycles. The normalized spacial score (nSPS) is 17.6. The molecule has 0 bridgehead atoms. The van der Waals surface area contributed by atoms with E-state index in [4.69, 9.17) is 9.47 Å². The first kappa shape index (κ1) is 17.8. The Hall–Kier alpha value is -3.62. The topological polar surface area (TPSA) is 111 Å². The summed E-state index contributed by atoms with van der Waals surface area (Å²) in [6, 6.07) is 11.2. The van der Waals surface area contributed by atoms with Crippen LogP contribution in [-0.4, -0.2) is 35.0 Å². The average Bonchev–Trinajstić information content (AvgIpc) is 3.28. The smallest absolute Gasteiger partial charge is 0.271 e. The Kier molecular flexibility index (Phi) is 4.56. The van der Waals surface area contributed by atoms with Gasteiger partial charge in [-0.05, 0) is 23.8 Å². The van der Waals surface area contributed by atoms with Crippen LogP contribution in [-0.2, 0) is 16.1 Å². The number of benzene rings is 2. The Bertz CT molecular complexity index is 960. The number of likely N-dealkylation sites (tertiary alicyclic amines) is 1. The molecule has 2 amide bonds. The summed E-state index contributed by atoms with van der Waals surface area (Å²) in [5, 5.41) is 13.5. The summed E-state index contributed by atoms with van der Waals surface area (Å²) in [4.78, 5) is 36.8. The number of nitrogens with one attached hydrogen (secondary N) is 1. The minimum Gasteiger partial charge on any atom is -0.454 e. The predicted molar refractivity (Wildman–Crippen MR) is 97.8 cm³/mol. The number of hydrogen-bond acceptors (Lipinski definition) is 6. The van der Waals surface area contributed by atoms with Crippen molar-refractivity contribution in [3.63, 3.8) is 0 Å². The Morgan fingerprint density at radius 2 is 2.04 bits per heavy atom. The van der Waals surface area contributed by atoms with Crippen LogP contribution in [0.3, 0.4) is 0 Å². The van der Waals surface area contributed by atoms with Gasteiger partial charge in [-0.15, -0.1) is 0 Å². The van der Waals surface area contributed by atoms with Crippen molar-refractivity contribution in [1.29, 1.82) is 0 Å². The first-order valence-corrected chi connectivity index (χ1v) is 8.71. The number of anilines is 1. The van der Waals surface area contributed by atoms with Crippen molar-refractivity contribution in [3.8, 4) is 11.5 Å². The number of non-ortho nitro benzene ring substituents is 1. The third-order valence-electron chi connectivity index (χ3n) is 4.72. The fourth-order valence-electron chi connectivity index (χ4n) is 3.30. The Labute approximate surface area is 160 Å². The van der Waals surface area contributed by atoms with Gasteiger partial charge in [-0.25, -0.2) is 0 Å². The SMILES string of the molecule is O=C(Nc1cccc([N+](=O)[O-])c1)C1CC(=O)N(Cc2ccc3c(c2)OCO3)C1. The maximum Gasteiger partial charge on any atom is 0.271 e. The van der Waals surface area contributed by atoms with Crippen molar-refractivity contribution in [2.24, 2.45) is 5.92 Å². The molecule has 9 heteroatoms. The summed E-state index contributed by atoms with van der Waals surface area (Å²) in [5.74, 6) is 0.356. The lowest BCUT2D eigenvalue weighted by Crippen LogP contribution is -2.28. The van der Waals surface area contributed by atoms with Crippen molar-refractivity contribution in [1.82, 2.24) is 4.90 Å². The van der Waals surface area contributed by atoms with Crippen LogP contribution in [0.25, 0.3) is 0 Å². The molecule has 9 nitrogen and oxygen atoms in total. The van der Waals surface area contributed by atoms with Gasteiger partial charge in [0.25, 0.3) is 5.69 Å². The van der Waals surface area contributed by atoms with E-state index < -0.39 is 10.8 Å². The first-order valence-electron chi connectivity index (χ1n) is 8.71. The average molecular weight is 383 g/mol. The van der Waals surface area contributed by atoms with E-state index in [9.17, 15) is 19.7 Å². The van der Waals surface area contributed by atoms with Crippen LogP contribution in [0.4, 0.5) is 11.4 Å². The number of hydrogen-bond donors (Lipinski definition) is 1. The maximum atomic E-state index is 12.5. The number of carbonyl (C=O) groups excluding carboxylic acids is 2. The molecule has 144 valence electrons. The largest absolute Gasteiger partial charge is 0.454 e. The molecule has 0 aromatic heterocycles. The number of nitrogens with zero attached hydrogens (tertiary/aromatic N) is 2. The Morgan fingerprint density at radius 3 is 2.86 bits per heavy atom. The Morgan fingerprint density at radius 1 is 1.21 bits per heavy atom. The summed E-state index contributed by atoms with van der Waals surface area (Å²) in [5.41, 5.74) is 1.11. The van der Waals surface area contributed by atoms with Crippen LogP contribution in [0.15, 0.2) is 42.5 Å². The minimum atomic E-state index is -0.526. The lowest BCUT2D eigenvalue weighted by atomic mass is 10.1. The van der Waals surface area contributed by atoms with E-state index >= 15 is 0 Å². The molecular formula is C19H17N3O6. The van der Waals surface area contributed by atoms with Gasteiger partial charge in [-0.3, -0.25) is 19.7 Å². The molecule has 0 radical (unpaired) electrons. The van der Waals surface area contributed by atoms with Crippen LogP contribution in [0.5, 0.6) is 11.5 Å². The van der Waals surface area contributed by atoms with Crippen molar-refractivity contribution in [2.75, 3.05) is 18.7 Å². The molecule has 0 aliphatic carbocycles. The molecular weight excluding hydrogens is 366 g/mol. The number of nitro groups is 1. The summed E-state index contributed by atoms with van der Waals surface area (Å²) < 4.78 is 10.6. The van der Waals surface area contributed by atoms with Gasteiger partial charge in [-0.1, -0.05) is 12.1 Å². The molecule has 2 aromatic rings. The monoisotopic (exact) mass is 383 g/mol. The highest BCUT2D eigenvalue weighted by molar-refractivity contribution is 5.97. The van der Waals surface area contributed by atoms with Crippen LogP contribution in [0, 0.1) is 16.0 Å². The summed E-state index contributed by atoms with van der Waals surface area (Å²) in [6.45, 7) is 0.839. The number of rotatable bonds is 5. The van der Waals surface area contributed by atoms with Gasteiger partial charge in [0, 0.05) is 37.3 Å². The van der Waals surface area contributed by atoms with E-state index in [-0.39, 0.29) is 37.3 Å². The zero-order chi connectivity index (χ0) is 19.7. The molecule has 1 saturated heterocycles. The highest BCUT2D eigenvalue weighted by atomic mass is 16.7. The third-order valence-corrected chi connectivity index (χ3v) is 4.72. The van der Waals surface area contributed by atoms with Gasteiger partial charge in [0.15, 0.2) is 11.5 Å². The molecule has 4 rings (SSSR count). The second-order valence-electron chi connectivity index (χ2n) is 6.66. The van der Waals surface area contributed by atoms with Gasteiger partial charge in [0.2, 0.25) is 18.6 Å². The van der Waals surface area contributed by atoms with E-state index in [0.29, 0.717) is 23.7 Å². The van der Waals surface area contributed by atoms with E-state index in [0.717, 1.165) is 5.56 Å². The fourth-order valence-corrected chi connectivity index (χ4v) is 3.30. The number of ether oxygens (including phenoxy) is 2. The molecule has 0 spiro atoms. The predicted octanol–water partition coefficient (Wildman–Crippen LogP) is 2.31. The lowest BCUT2D eigenvalue weighted by Gasteiger charge is -2.17. The van der Waals surface area contributed by atoms with Crippen LogP contribution in [0.1, 0.15) is 12.0 Å². The number of fused-ring (bicyclic) bond motifs is 1. The minimum absolute atomic E-state index is 0.102. The lowest BCUT2D eigenvalue weighted by molar-refractivity contribution is -0.384. The zero-order valence-corrected chi connectivity index (χ0v) is 14.8. The molecule has 0 saturated carbocycles. The van der Waals surface area contributed by atoms with Crippen LogP contribution in [0.2, 0.25) is 0 Å². The highest BCUT2D eigenvalue weighted by Crippen LogP contribution is 2.33. The van der Waals surface area contributed by atoms with Crippen molar-refractivity contribution < 1.29 is 24.0 Å². The first-order chi connectivity index (χ1) is 13.5. The molecule has 1 atom stereocenters. The van der Waals surface area contributed by atoms with E-state index in [1.807, 2.05) is 12.1 Å². The van der Waals surface area contributed by atoms with Crippen molar-refractivity contribution >= 4 is 23.2 Å². The standard InChI is InChI=1S/C19H17N3O6/c23-18-7-13(19(24)20-14-2-1-3-15(8-14)22(25)26)10-21(18)9-12-4-5-16-17(6-12)28-11-27-16/h1-6,8,13H,7,9-11H2,(H,20,24). The van der Waals surface area contributed by atoms with E-state index in [2.05, 4.69) is 5.32 Å². The Balaban J connectivity index is 1.39. The van der Waals surface area contributed by atoms with Crippen molar-refractivity contribution in [3.05, 3.63) is 58.1 Å². The van der Waals surface area contributed by atoms with Gasteiger partial charge in [0.1, 0.15) is 0 Å². The van der Waals surface area contributed by atoms with Gasteiger partial charge >= 0.3 is 0 Å². The van der Waals surface area contributed by atoms with Gasteiger partial charge in [-0.2, -0.15) is 0 Å². The molecule has 2 aliphatic rings.